The minimum atomic E-state index is -0.268. The zero-order chi connectivity index (χ0) is 12.3. The minimum Gasteiger partial charge on any atom is -0.494 e. The predicted molar refractivity (Wildman–Crippen MR) is 67.3 cm³/mol. The van der Waals surface area contributed by atoms with Crippen LogP contribution in [0.1, 0.15) is 18.4 Å². The monoisotopic (exact) mass is 257 g/mol. The molecule has 0 bridgehead atoms. The van der Waals surface area contributed by atoms with Gasteiger partial charge in [-0.25, -0.2) is 4.39 Å². The number of nitrogens with one attached hydrogen (secondary N) is 1. The summed E-state index contributed by atoms with van der Waals surface area (Å²) >= 11 is 5.96. The SMILES string of the molecule is COc1cc(Cl)cc(CC2CCNCC2)c1F. The summed E-state index contributed by atoms with van der Waals surface area (Å²) < 4.78 is 19.0. The molecule has 1 heterocycles. The first-order valence-electron chi connectivity index (χ1n) is 5.93. The fourth-order valence-electron chi connectivity index (χ4n) is 2.31. The Kier molecular flexibility index (Phi) is 4.24. The lowest BCUT2D eigenvalue weighted by molar-refractivity contribution is 0.359. The van der Waals surface area contributed by atoms with Crippen LogP contribution in [0.25, 0.3) is 0 Å². The molecule has 1 N–H and O–H groups in total. The molecule has 1 fully saturated rings. The number of benzene rings is 1. The van der Waals surface area contributed by atoms with E-state index in [0.717, 1.165) is 32.4 Å². The normalized spacial score (nSPS) is 17.1. The highest BCUT2D eigenvalue weighted by Gasteiger charge is 2.18. The van der Waals surface area contributed by atoms with Gasteiger partial charge >= 0.3 is 0 Å². The van der Waals surface area contributed by atoms with E-state index in [4.69, 9.17) is 16.3 Å². The standard InChI is InChI=1S/C13H17ClFNO/c1-17-12-8-11(14)7-10(13(12)15)6-9-2-4-16-5-3-9/h7-9,16H,2-6H2,1H3. The molecule has 17 heavy (non-hydrogen) atoms. The molecule has 94 valence electrons. The predicted octanol–water partition coefficient (Wildman–Crippen LogP) is 3.03. The Balaban J connectivity index is 2.16. The smallest absolute Gasteiger partial charge is 0.168 e. The third-order valence-electron chi connectivity index (χ3n) is 3.27. The van der Waals surface area contributed by atoms with Crippen LogP contribution in [0.3, 0.4) is 0 Å². The number of ether oxygens (including phenoxy) is 1. The average molecular weight is 258 g/mol. The van der Waals surface area contributed by atoms with Crippen LogP contribution in [0, 0.1) is 11.7 Å². The van der Waals surface area contributed by atoms with Crippen molar-refractivity contribution in [3.8, 4) is 5.75 Å². The molecule has 0 saturated carbocycles. The molecule has 0 aliphatic carbocycles. The molecule has 1 saturated heterocycles. The van der Waals surface area contributed by atoms with Crippen molar-refractivity contribution in [3.05, 3.63) is 28.5 Å². The molecule has 1 aromatic rings. The lowest BCUT2D eigenvalue weighted by Crippen LogP contribution is -2.28. The number of piperidine rings is 1. The molecule has 1 aliphatic rings. The first-order valence-corrected chi connectivity index (χ1v) is 6.31. The Labute approximate surface area is 106 Å². The summed E-state index contributed by atoms with van der Waals surface area (Å²) in [4.78, 5) is 0. The molecule has 0 aromatic heterocycles. The number of hydrogen-bond acceptors (Lipinski definition) is 2. The van der Waals surface area contributed by atoms with E-state index in [1.807, 2.05) is 0 Å². The van der Waals surface area contributed by atoms with Gasteiger partial charge in [-0.3, -0.25) is 0 Å². The van der Waals surface area contributed by atoms with Crippen molar-refractivity contribution >= 4 is 11.6 Å². The van der Waals surface area contributed by atoms with Gasteiger partial charge in [0.1, 0.15) is 0 Å². The van der Waals surface area contributed by atoms with Gasteiger partial charge in [-0.15, -0.1) is 0 Å². The van der Waals surface area contributed by atoms with Crippen LogP contribution in [0.15, 0.2) is 12.1 Å². The number of halogens is 2. The van der Waals surface area contributed by atoms with Crippen molar-refractivity contribution in [2.45, 2.75) is 19.3 Å². The van der Waals surface area contributed by atoms with Crippen molar-refractivity contribution in [3.63, 3.8) is 0 Å². The zero-order valence-electron chi connectivity index (χ0n) is 9.93. The summed E-state index contributed by atoms with van der Waals surface area (Å²) in [5.41, 5.74) is 0.668. The molecule has 0 amide bonds. The van der Waals surface area contributed by atoms with Gasteiger partial charge in [0, 0.05) is 11.1 Å². The van der Waals surface area contributed by atoms with Crippen molar-refractivity contribution in [2.75, 3.05) is 20.2 Å². The van der Waals surface area contributed by atoms with E-state index < -0.39 is 0 Å². The van der Waals surface area contributed by atoms with Gasteiger partial charge in [0.05, 0.1) is 7.11 Å². The number of rotatable bonds is 3. The molecule has 0 radical (unpaired) electrons. The second-order valence-electron chi connectivity index (χ2n) is 4.48. The average Bonchev–Trinajstić information content (AvgIpc) is 2.34. The maximum atomic E-state index is 14.0. The van der Waals surface area contributed by atoms with Crippen molar-refractivity contribution in [1.29, 1.82) is 0 Å². The highest BCUT2D eigenvalue weighted by atomic mass is 35.5. The van der Waals surface area contributed by atoms with E-state index in [1.54, 1.807) is 6.07 Å². The van der Waals surface area contributed by atoms with Gasteiger partial charge in [0.25, 0.3) is 0 Å². The molecular formula is C13H17ClFNO. The quantitative estimate of drug-likeness (QED) is 0.899. The van der Waals surface area contributed by atoms with Crippen LogP contribution >= 0.6 is 11.6 Å². The minimum absolute atomic E-state index is 0.237. The Morgan fingerprint density at radius 2 is 2.12 bits per heavy atom. The van der Waals surface area contributed by atoms with Gasteiger partial charge in [-0.05, 0) is 49.9 Å². The first kappa shape index (κ1) is 12.7. The second-order valence-corrected chi connectivity index (χ2v) is 4.92. The van der Waals surface area contributed by atoms with E-state index in [2.05, 4.69) is 5.32 Å². The summed E-state index contributed by atoms with van der Waals surface area (Å²) in [5, 5.41) is 3.84. The molecular weight excluding hydrogens is 241 g/mol. The summed E-state index contributed by atoms with van der Waals surface area (Å²) in [6, 6.07) is 3.23. The molecule has 4 heteroatoms. The van der Waals surface area contributed by atoms with Crippen molar-refractivity contribution in [2.24, 2.45) is 5.92 Å². The molecule has 1 aliphatic heterocycles. The lowest BCUT2D eigenvalue weighted by Gasteiger charge is -2.23. The Morgan fingerprint density at radius 1 is 1.41 bits per heavy atom. The highest BCUT2D eigenvalue weighted by Crippen LogP contribution is 2.29. The van der Waals surface area contributed by atoms with Crippen LogP contribution in [-0.4, -0.2) is 20.2 Å². The largest absolute Gasteiger partial charge is 0.494 e. The summed E-state index contributed by atoms with van der Waals surface area (Å²) in [6.07, 6.45) is 2.92. The van der Waals surface area contributed by atoms with Crippen LogP contribution in [0.2, 0.25) is 5.02 Å². The van der Waals surface area contributed by atoms with Crippen LogP contribution < -0.4 is 10.1 Å². The summed E-state index contributed by atoms with van der Waals surface area (Å²) in [7, 11) is 1.46. The zero-order valence-corrected chi connectivity index (χ0v) is 10.7. The summed E-state index contributed by atoms with van der Waals surface area (Å²) in [5.74, 6) is 0.505. The topological polar surface area (TPSA) is 21.3 Å². The maximum Gasteiger partial charge on any atom is 0.168 e. The van der Waals surface area contributed by atoms with Crippen molar-refractivity contribution < 1.29 is 9.13 Å². The fourth-order valence-corrected chi connectivity index (χ4v) is 2.54. The molecule has 2 nitrogen and oxygen atoms in total. The van der Waals surface area contributed by atoms with Gasteiger partial charge in [-0.1, -0.05) is 11.6 Å². The van der Waals surface area contributed by atoms with E-state index >= 15 is 0 Å². The molecule has 0 spiro atoms. The second kappa shape index (κ2) is 5.69. The lowest BCUT2D eigenvalue weighted by atomic mass is 9.91. The maximum absolute atomic E-state index is 14.0. The number of hydrogen-bond donors (Lipinski definition) is 1. The highest BCUT2D eigenvalue weighted by molar-refractivity contribution is 6.30. The van der Waals surface area contributed by atoms with Crippen LogP contribution in [0.5, 0.6) is 5.75 Å². The Morgan fingerprint density at radius 3 is 2.76 bits per heavy atom. The molecule has 0 atom stereocenters. The van der Waals surface area contributed by atoms with Gasteiger partial charge < -0.3 is 10.1 Å². The van der Waals surface area contributed by atoms with Crippen LogP contribution in [0.4, 0.5) is 4.39 Å². The van der Waals surface area contributed by atoms with E-state index in [1.165, 1.54) is 13.2 Å². The third-order valence-corrected chi connectivity index (χ3v) is 3.48. The third kappa shape index (κ3) is 3.11. The first-order chi connectivity index (χ1) is 8.20. The summed E-state index contributed by atoms with van der Waals surface area (Å²) in [6.45, 7) is 2.04. The van der Waals surface area contributed by atoms with E-state index in [-0.39, 0.29) is 11.6 Å². The number of methoxy groups -OCH3 is 1. The molecule has 0 unspecified atom stereocenters. The molecule has 1 aromatic carbocycles. The Hall–Kier alpha value is -0.800. The van der Waals surface area contributed by atoms with Crippen LogP contribution in [-0.2, 0) is 6.42 Å². The van der Waals surface area contributed by atoms with Gasteiger partial charge in [0.2, 0.25) is 0 Å². The van der Waals surface area contributed by atoms with E-state index in [0.29, 0.717) is 16.5 Å². The van der Waals surface area contributed by atoms with Gasteiger partial charge in [-0.2, -0.15) is 0 Å². The fraction of sp³-hybridized carbons (Fsp3) is 0.538. The van der Waals surface area contributed by atoms with E-state index in [9.17, 15) is 4.39 Å². The molecule has 2 rings (SSSR count). The van der Waals surface area contributed by atoms with Crippen molar-refractivity contribution in [1.82, 2.24) is 5.32 Å². The van der Waals surface area contributed by atoms with Gasteiger partial charge in [0.15, 0.2) is 11.6 Å². The Bertz CT molecular complexity index is 391.